The second-order valence-corrected chi connectivity index (χ2v) is 4.35. The van der Waals surface area contributed by atoms with Gasteiger partial charge in [-0.05, 0) is 44.5 Å². The van der Waals surface area contributed by atoms with Crippen molar-refractivity contribution in [3.05, 3.63) is 35.5 Å². The summed E-state index contributed by atoms with van der Waals surface area (Å²) >= 11 is 0. The van der Waals surface area contributed by atoms with E-state index in [1.54, 1.807) is 0 Å². The second kappa shape index (κ2) is 3.70. The lowest BCUT2D eigenvalue weighted by Gasteiger charge is -2.12. The van der Waals surface area contributed by atoms with Crippen LogP contribution in [0, 0.1) is 6.92 Å². The van der Waals surface area contributed by atoms with Crippen LogP contribution in [0.5, 0.6) is 0 Å². The van der Waals surface area contributed by atoms with E-state index in [4.69, 9.17) is 5.73 Å². The Balaban J connectivity index is 2.68. The molecular weight excluding hydrogens is 184 g/mol. The quantitative estimate of drug-likeness (QED) is 0.797. The van der Waals surface area contributed by atoms with Crippen molar-refractivity contribution in [3.63, 3.8) is 0 Å². The molecule has 0 saturated heterocycles. The van der Waals surface area contributed by atoms with Gasteiger partial charge in [0.1, 0.15) is 0 Å². The molecule has 1 aromatic heterocycles. The first kappa shape index (κ1) is 10.2. The van der Waals surface area contributed by atoms with Crippen molar-refractivity contribution in [3.8, 4) is 0 Å². The maximum Gasteiger partial charge on any atom is 0.0485 e. The summed E-state index contributed by atoms with van der Waals surface area (Å²) < 4.78 is 2.36. The zero-order valence-corrected chi connectivity index (χ0v) is 9.62. The third-order valence-electron chi connectivity index (χ3n) is 2.85. The molecule has 80 valence electrons. The molecule has 0 fully saturated rings. The molecule has 2 nitrogen and oxygen atoms in total. The van der Waals surface area contributed by atoms with Crippen molar-refractivity contribution in [2.75, 3.05) is 0 Å². The van der Waals surface area contributed by atoms with Crippen LogP contribution in [0.25, 0.3) is 10.9 Å². The van der Waals surface area contributed by atoms with Gasteiger partial charge >= 0.3 is 0 Å². The number of hydrogen-bond acceptors (Lipinski definition) is 1. The molecule has 0 unspecified atom stereocenters. The smallest absolute Gasteiger partial charge is 0.0485 e. The summed E-state index contributed by atoms with van der Waals surface area (Å²) in [5.74, 6) is 0. The molecule has 0 radical (unpaired) electrons. The Morgan fingerprint density at radius 1 is 1.27 bits per heavy atom. The number of hydrogen-bond donors (Lipinski definition) is 1. The highest BCUT2D eigenvalue weighted by Crippen LogP contribution is 2.24. The maximum absolute atomic E-state index is 5.64. The van der Waals surface area contributed by atoms with Crippen molar-refractivity contribution in [2.24, 2.45) is 5.73 Å². The largest absolute Gasteiger partial charge is 0.342 e. The van der Waals surface area contributed by atoms with Crippen LogP contribution in [-0.4, -0.2) is 4.57 Å². The number of aryl methyl sites for hydroxylation is 1. The number of benzene rings is 1. The minimum Gasteiger partial charge on any atom is -0.342 e. The van der Waals surface area contributed by atoms with Crippen molar-refractivity contribution >= 4 is 10.9 Å². The minimum absolute atomic E-state index is 0.506. The maximum atomic E-state index is 5.64. The van der Waals surface area contributed by atoms with Crippen LogP contribution in [0.1, 0.15) is 31.1 Å². The van der Waals surface area contributed by atoms with Gasteiger partial charge in [0.2, 0.25) is 0 Å². The van der Waals surface area contributed by atoms with Crippen molar-refractivity contribution in [1.29, 1.82) is 0 Å². The standard InChI is InChI=1S/C13H18N2/c1-9(2)15-10(3)6-12-7-11(8-14)4-5-13(12)15/h4-7,9H,8,14H2,1-3H3. The molecule has 0 bridgehead atoms. The molecule has 0 aliphatic heterocycles. The fourth-order valence-electron chi connectivity index (χ4n) is 2.24. The molecular formula is C13H18N2. The van der Waals surface area contributed by atoms with Gasteiger partial charge in [-0.15, -0.1) is 0 Å². The average Bonchev–Trinajstić information content (AvgIpc) is 2.52. The summed E-state index contributed by atoms with van der Waals surface area (Å²) in [6.07, 6.45) is 0. The van der Waals surface area contributed by atoms with E-state index in [1.807, 2.05) is 0 Å². The Hall–Kier alpha value is -1.28. The molecule has 15 heavy (non-hydrogen) atoms. The summed E-state index contributed by atoms with van der Waals surface area (Å²) in [4.78, 5) is 0. The Morgan fingerprint density at radius 3 is 2.60 bits per heavy atom. The first-order valence-corrected chi connectivity index (χ1v) is 5.44. The van der Waals surface area contributed by atoms with E-state index in [9.17, 15) is 0 Å². The third-order valence-corrected chi connectivity index (χ3v) is 2.85. The average molecular weight is 202 g/mol. The van der Waals surface area contributed by atoms with E-state index in [2.05, 4.69) is 49.6 Å². The van der Waals surface area contributed by atoms with Gasteiger partial charge in [0.25, 0.3) is 0 Å². The van der Waals surface area contributed by atoms with Crippen LogP contribution in [-0.2, 0) is 6.54 Å². The van der Waals surface area contributed by atoms with E-state index >= 15 is 0 Å². The Kier molecular flexibility index (Phi) is 2.53. The molecule has 1 heterocycles. The van der Waals surface area contributed by atoms with Crippen molar-refractivity contribution in [1.82, 2.24) is 4.57 Å². The normalized spacial score (nSPS) is 11.5. The summed E-state index contributed by atoms with van der Waals surface area (Å²) in [5, 5.41) is 1.30. The fourth-order valence-corrected chi connectivity index (χ4v) is 2.24. The van der Waals surface area contributed by atoms with E-state index in [0.717, 1.165) is 0 Å². The fraction of sp³-hybridized carbons (Fsp3) is 0.385. The van der Waals surface area contributed by atoms with Crippen molar-refractivity contribution < 1.29 is 0 Å². The molecule has 2 N–H and O–H groups in total. The molecule has 0 aliphatic carbocycles. The molecule has 2 rings (SSSR count). The monoisotopic (exact) mass is 202 g/mol. The van der Waals surface area contributed by atoms with Gasteiger partial charge < -0.3 is 10.3 Å². The molecule has 0 spiro atoms. The number of rotatable bonds is 2. The minimum atomic E-state index is 0.506. The lowest BCUT2D eigenvalue weighted by atomic mass is 10.1. The van der Waals surface area contributed by atoms with E-state index in [-0.39, 0.29) is 0 Å². The molecule has 0 atom stereocenters. The molecule has 2 aromatic rings. The SMILES string of the molecule is Cc1cc2cc(CN)ccc2n1C(C)C. The lowest BCUT2D eigenvalue weighted by Crippen LogP contribution is -2.02. The van der Waals surface area contributed by atoms with Gasteiger partial charge in [0.05, 0.1) is 0 Å². The molecule has 0 amide bonds. The molecule has 0 aliphatic rings. The molecule has 1 aromatic carbocycles. The van der Waals surface area contributed by atoms with Crippen LogP contribution in [0.2, 0.25) is 0 Å². The van der Waals surface area contributed by atoms with Crippen LogP contribution < -0.4 is 5.73 Å². The number of nitrogens with zero attached hydrogens (tertiary/aromatic N) is 1. The number of aromatic nitrogens is 1. The van der Waals surface area contributed by atoms with Crippen molar-refractivity contribution in [2.45, 2.75) is 33.4 Å². The molecule has 0 saturated carbocycles. The van der Waals surface area contributed by atoms with Crippen LogP contribution >= 0.6 is 0 Å². The van der Waals surface area contributed by atoms with E-state index in [0.29, 0.717) is 12.6 Å². The van der Waals surface area contributed by atoms with Gasteiger partial charge in [-0.3, -0.25) is 0 Å². The summed E-state index contributed by atoms with van der Waals surface area (Å²) in [5.41, 5.74) is 9.46. The van der Waals surface area contributed by atoms with Crippen LogP contribution in [0.3, 0.4) is 0 Å². The number of nitrogens with two attached hydrogens (primary N) is 1. The summed E-state index contributed by atoms with van der Waals surface area (Å²) in [7, 11) is 0. The predicted molar refractivity (Wildman–Crippen MR) is 65.0 cm³/mol. The molecule has 2 heteroatoms. The Labute approximate surface area is 90.7 Å². The van der Waals surface area contributed by atoms with E-state index in [1.165, 1.54) is 22.2 Å². The predicted octanol–water partition coefficient (Wildman–Crippen LogP) is 2.99. The van der Waals surface area contributed by atoms with Gasteiger partial charge in [-0.1, -0.05) is 6.07 Å². The highest BCUT2D eigenvalue weighted by Gasteiger charge is 2.08. The van der Waals surface area contributed by atoms with Crippen LogP contribution in [0.15, 0.2) is 24.3 Å². The van der Waals surface area contributed by atoms with Gasteiger partial charge in [-0.25, -0.2) is 0 Å². The zero-order chi connectivity index (χ0) is 11.0. The zero-order valence-electron chi connectivity index (χ0n) is 9.62. The van der Waals surface area contributed by atoms with Gasteiger partial charge in [-0.2, -0.15) is 0 Å². The topological polar surface area (TPSA) is 30.9 Å². The highest BCUT2D eigenvalue weighted by atomic mass is 15.0. The van der Waals surface area contributed by atoms with Gasteiger partial charge in [0.15, 0.2) is 0 Å². The summed E-state index contributed by atoms with van der Waals surface area (Å²) in [6, 6.07) is 9.20. The first-order chi connectivity index (χ1) is 7.13. The lowest BCUT2D eigenvalue weighted by molar-refractivity contribution is 0.608. The highest BCUT2D eigenvalue weighted by molar-refractivity contribution is 5.82. The number of fused-ring (bicyclic) bond motifs is 1. The second-order valence-electron chi connectivity index (χ2n) is 4.35. The summed E-state index contributed by atoms with van der Waals surface area (Å²) in [6.45, 7) is 7.19. The van der Waals surface area contributed by atoms with Crippen LogP contribution in [0.4, 0.5) is 0 Å². The van der Waals surface area contributed by atoms with E-state index < -0.39 is 0 Å². The Bertz CT molecular complexity index is 480. The Morgan fingerprint density at radius 2 is 2.00 bits per heavy atom. The third kappa shape index (κ3) is 1.65. The first-order valence-electron chi connectivity index (χ1n) is 5.44. The van der Waals surface area contributed by atoms with Gasteiger partial charge in [0, 0.05) is 29.2 Å².